The molecule has 1 aromatic rings. The molecular formula is C12H15F5N2O2S3. The fourth-order valence-electron chi connectivity index (χ4n) is 1.51. The maximum atomic E-state index is 14.5. The first kappa shape index (κ1) is 21.3. The van der Waals surface area contributed by atoms with E-state index in [4.69, 9.17) is 0 Å². The number of halogens is 5. The van der Waals surface area contributed by atoms with Crippen molar-refractivity contribution >= 4 is 32.7 Å². The molecule has 1 unspecified atom stereocenters. The van der Waals surface area contributed by atoms with E-state index in [9.17, 15) is 30.4 Å². The molecule has 1 atom stereocenters. The number of benzene rings is 1. The van der Waals surface area contributed by atoms with Crippen LogP contribution in [0.15, 0.2) is 39.0 Å². The third kappa shape index (κ3) is 5.39. The molecule has 0 aliphatic rings. The van der Waals surface area contributed by atoms with E-state index in [1.165, 1.54) is 38.1 Å². The van der Waals surface area contributed by atoms with Crippen LogP contribution < -0.4 is 0 Å². The van der Waals surface area contributed by atoms with E-state index in [0.29, 0.717) is 0 Å². The average molecular weight is 410 g/mol. The van der Waals surface area contributed by atoms with E-state index in [0.717, 1.165) is 4.31 Å². The molecule has 12 heteroatoms. The summed E-state index contributed by atoms with van der Waals surface area (Å²) in [4.78, 5) is 0.0896. The topological polar surface area (TPSA) is 49.7 Å². The molecule has 0 fully saturated rings. The third-order valence-corrected chi connectivity index (χ3v) is 7.41. The van der Waals surface area contributed by atoms with Crippen LogP contribution in [0.5, 0.6) is 0 Å². The first-order chi connectivity index (χ1) is 10.9. The van der Waals surface area contributed by atoms with Crippen LogP contribution in [0.2, 0.25) is 0 Å². The highest BCUT2D eigenvalue weighted by atomic mass is 32.3. The molecule has 0 radical (unpaired) electrons. The fourth-order valence-corrected chi connectivity index (χ4v) is 5.85. The Labute approximate surface area is 143 Å². The Morgan fingerprint density at radius 1 is 1.08 bits per heavy atom. The summed E-state index contributed by atoms with van der Waals surface area (Å²) in [5.41, 5.74) is -5.72. The smallest absolute Gasteiger partial charge is 0.236 e. The molecule has 0 saturated heterocycles. The molecule has 1 rings (SSSR count). The molecular weight excluding hydrogens is 395 g/mol. The first-order valence-corrected chi connectivity index (χ1v) is 9.99. The lowest BCUT2D eigenvalue weighted by atomic mass is 10.4. The summed E-state index contributed by atoms with van der Waals surface area (Å²) in [5.74, 6) is 0. The Morgan fingerprint density at radius 2 is 1.58 bits per heavy atom. The maximum absolute atomic E-state index is 14.5. The van der Waals surface area contributed by atoms with Crippen molar-refractivity contribution in [2.45, 2.75) is 28.8 Å². The Hall–Kier alpha value is -0.720. The lowest BCUT2D eigenvalue weighted by molar-refractivity contribution is -0.0434. The summed E-state index contributed by atoms with van der Waals surface area (Å²) in [6.45, 7) is 2.70. The maximum Gasteiger partial charge on any atom is 0.519 e. The second kappa shape index (κ2) is 8.11. The van der Waals surface area contributed by atoms with Gasteiger partial charge in [-0.25, -0.2) is 4.31 Å². The Balaban J connectivity index is 3.37. The number of nitrogens with zero attached hydrogens (tertiary/aromatic N) is 2. The second-order valence-corrected chi connectivity index (χ2v) is 9.27. The highest BCUT2D eigenvalue weighted by Gasteiger charge is 2.49. The fraction of sp³-hybridized carbons (Fsp3) is 0.500. The molecule has 24 heavy (non-hydrogen) atoms. The van der Waals surface area contributed by atoms with Crippen molar-refractivity contribution in [2.75, 3.05) is 13.1 Å². The van der Waals surface area contributed by atoms with Crippen LogP contribution in [0.4, 0.5) is 22.0 Å². The Bertz CT molecular complexity index is 674. The molecule has 0 N–H and O–H groups in total. The number of hydrogen-bond acceptors (Lipinski definition) is 3. The van der Waals surface area contributed by atoms with Gasteiger partial charge in [0.2, 0.25) is 0 Å². The van der Waals surface area contributed by atoms with Crippen molar-refractivity contribution in [3.63, 3.8) is 0 Å². The minimum Gasteiger partial charge on any atom is -0.236 e. The molecule has 0 aliphatic carbocycles. The summed E-state index contributed by atoms with van der Waals surface area (Å²) in [6.07, 6.45) is 0. The highest BCUT2D eigenvalue weighted by Crippen LogP contribution is 2.41. The van der Waals surface area contributed by atoms with Crippen LogP contribution in [0.3, 0.4) is 0 Å². The molecule has 0 aliphatic heterocycles. The normalized spacial score (nSPS) is 15.0. The average Bonchev–Trinajstić information content (AvgIpc) is 2.46. The third-order valence-electron chi connectivity index (χ3n) is 2.60. The van der Waals surface area contributed by atoms with Crippen molar-refractivity contribution in [2.24, 2.45) is 3.77 Å². The van der Waals surface area contributed by atoms with Gasteiger partial charge in [-0.15, -0.1) is 3.77 Å². The van der Waals surface area contributed by atoms with Crippen LogP contribution in [-0.4, -0.2) is 35.9 Å². The van der Waals surface area contributed by atoms with E-state index in [1.54, 1.807) is 6.07 Å². The van der Waals surface area contributed by atoms with E-state index in [-0.39, 0.29) is 29.7 Å². The van der Waals surface area contributed by atoms with Crippen LogP contribution in [0.25, 0.3) is 0 Å². The van der Waals surface area contributed by atoms with Gasteiger partial charge in [0, 0.05) is 18.0 Å². The summed E-state index contributed by atoms with van der Waals surface area (Å²) in [7, 11) is -8.84. The molecule has 1 aromatic carbocycles. The van der Waals surface area contributed by atoms with Crippen molar-refractivity contribution in [3.8, 4) is 0 Å². The molecule has 0 bridgehead atoms. The van der Waals surface area contributed by atoms with E-state index in [2.05, 4.69) is 3.77 Å². The van der Waals surface area contributed by atoms with Crippen LogP contribution in [0, 0.1) is 0 Å². The number of hydrogen-bond donors (Lipinski definition) is 0. The lowest BCUT2D eigenvalue weighted by Crippen LogP contribution is -2.37. The second-order valence-electron chi connectivity index (χ2n) is 4.25. The summed E-state index contributed by atoms with van der Waals surface area (Å²) < 4.78 is 88.7. The van der Waals surface area contributed by atoms with Gasteiger partial charge in [0.1, 0.15) is 0 Å². The van der Waals surface area contributed by atoms with E-state index < -0.39 is 31.0 Å². The highest BCUT2D eigenvalue weighted by molar-refractivity contribution is 8.13. The van der Waals surface area contributed by atoms with Crippen molar-refractivity contribution in [3.05, 3.63) is 30.3 Å². The van der Waals surface area contributed by atoms with Crippen LogP contribution in [0.1, 0.15) is 13.8 Å². The molecule has 0 amide bonds. The standard InChI is InChI=1S/C12H15F5N2O2S3/c1-3-19(4-2)23(18-24(20,21)11(13,14)15)12(16,17)22-10-8-6-5-7-9-10/h5-9H,3-4H2,1-2H3. The van der Waals surface area contributed by atoms with Crippen LogP contribution >= 0.6 is 11.8 Å². The van der Waals surface area contributed by atoms with Gasteiger partial charge in [0.25, 0.3) is 0 Å². The molecule has 0 heterocycles. The first-order valence-electron chi connectivity index (χ1n) is 6.60. The Kier molecular flexibility index (Phi) is 7.20. The van der Waals surface area contributed by atoms with Gasteiger partial charge in [-0.1, -0.05) is 32.0 Å². The van der Waals surface area contributed by atoms with Gasteiger partial charge in [-0.3, -0.25) is 0 Å². The minimum atomic E-state index is -6.04. The zero-order valence-corrected chi connectivity index (χ0v) is 15.1. The zero-order valence-electron chi connectivity index (χ0n) is 12.6. The molecule has 0 spiro atoms. The number of sulfonamides is 1. The number of rotatable bonds is 7. The monoisotopic (exact) mass is 410 g/mol. The summed E-state index contributed by atoms with van der Waals surface area (Å²) >= 11 is -0.0238. The quantitative estimate of drug-likeness (QED) is 0.498. The van der Waals surface area contributed by atoms with Gasteiger partial charge in [-0.2, -0.15) is 30.4 Å². The predicted octanol–water partition coefficient (Wildman–Crippen LogP) is 4.24. The van der Waals surface area contributed by atoms with E-state index >= 15 is 0 Å². The SMILES string of the molecule is CCN(CC)/S(=N/S(=O)(=O)C(F)(F)F)C(F)(F)Sc1ccccc1. The lowest BCUT2D eigenvalue weighted by Gasteiger charge is -2.27. The van der Waals surface area contributed by atoms with Gasteiger partial charge in [-0.05, 0) is 23.9 Å². The van der Waals surface area contributed by atoms with Crippen LogP contribution in [-0.2, 0) is 20.9 Å². The number of alkyl halides is 5. The van der Waals surface area contributed by atoms with Crippen molar-refractivity contribution < 1.29 is 30.4 Å². The molecule has 138 valence electrons. The van der Waals surface area contributed by atoms with Gasteiger partial charge in [0.15, 0.2) is 0 Å². The Morgan fingerprint density at radius 3 is 2.00 bits per heavy atom. The number of thioether (sulfide) groups is 1. The van der Waals surface area contributed by atoms with Crippen molar-refractivity contribution in [1.29, 1.82) is 0 Å². The van der Waals surface area contributed by atoms with Gasteiger partial charge < -0.3 is 0 Å². The summed E-state index contributed by atoms with van der Waals surface area (Å²) in [5, 5.41) is 0. The van der Waals surface area contributed by atoms with Gasteiger partial charge >= 0.3 is 20.1 Å². The van der Waals surface area contributed by atoms with E-state index in [1.807, 2.05) is 0 Å². The molecule has 0 saturated carbocycles. The predicted molar refractivity (Wildman–Crippen MR) is 84.9 cm³/mol. The van der Waals surface area contributed by atoms with Crippen molar-refractivity contribution in [1.82, 2.24) is 4.31 Å². The largest absolute Gasteiger partial charge is 0.519 e. The summed E-state index contributed by atoms with van der Waals surface area (Å²) in [6, 6.07) is 7.25. The zero-order chi connectivity index (χ0) is 18.6. The minimum absolute atomic E-state index is 0.0238. The van der Waals surface area contributed by atoms with Gasteiger partial charge in [0.05, 0.1) is 10.9 Å². The molecule has 0 aromatic heterocycles. The molecule has 4 nitrogen and oxygen atoms in total.